The van der Waals surface area contributed by atoms with Crippen LogP contribution < -0.4 is 15.4 Å². The molecular weight excluding hydrogens is 269 g/mol. The van der Waals surface area contributed by atoms with Crippen LogP contribution in [0, 0.1) is 5.82 Å². The number of fused-ring (bicyclic) bond motifs is 1. The van der Waals surface area contributed by atoms with E-state index in [1.807, 2.05) is 24.3 Å². The summed E-state index contributed by atoms with van der Waals surface area (Å²) in [7, 11) is 0. The second-order valence-corrected chi connectivity index (χ2v) is 4.65. The van der Waals surface area contributed by atoms with Gasteiger partial charge in [0.25, 0.3) is 0 Å². The number of hydrogen-bond donors (Lipinski definition) is 2. The zero-order valence-corrected chi connectivity index (χ0v) is 11.5. The Balaban J connectivity index is 1.47. The van der Waals surface area contributed by atoms with Gasteiger partial charge in [-0.3, -0.25) is 0 Å². The third kappa shape index (κ3) is 3.31. The Morgan fingerprint density at radius 3 is 2.86 bits per heavy atom. The van der Waals surface area contributed by atoms with Gasteiger partial charge in [0.15, 0.2) is 17.5 Å². The number of aliphatic imine (C=N–C) groups is 1. The quantitative estimate of drug-likeness (QED) is 0.849. The molecule has 0 aliphatic carbocycles. The fourth-order valence-electron chi connectivity index (χ4n) is 2.10. The number of benzene rings is 2. The molecule has 1 aliphatic rings. The Morgan fingerprint density at radius 2 is 1.95 bits per heavy atom. The molecule has 0 spiro atoms. The van der Waals surface area contributed by atoms with Crippen LogP contribution >= 0.6 is 0 Å². The molecule has 108 valence electrons. The molecule has 2 aromatic carbocycles. The first-order valence-corrected chi connectivity index (χ1v) is 6.83. The Kier molecular flexibility index (Phi) is 4.00. The van der Waals surface area contributed by atoms with Crippen LogP contribution in [0.3, 0.4) is 0 Å². The summed E-state index contributed by atoms with van der Waals surface area (Å²) < 4.78 is 18.7. The molecule has 0 aromatic heterocycles. The number of nitrogens with one attached hydrogen (secondary N) is 2. The lowest BCUT2D eigenvalue weighted by Crippen LogP contribution is -2.35. The predicted octanol–water partition coefficient (Wildman–Crippen LogP) is 2.78. The fraction of sp³-hybridized carbons (Fsp3) is 0.188. The predicted molar refractivity (Wildman–Crippen MR) is 81.1 cm³/mol. The third-order valence-electron chi connectivity index (χ3n) is 3.17. The summed E-state index contributed by atoms with van der Waals surface area (Å²) in [6, 6.07) is 14.4. The highest BCUT2D eigenvalue weighted by Crippen LogP contribution is 2.19. The van der Waals surface area contributed by atoms with Crippen molar-refractivity contribution >= 4 is 11.6 Å². The maximum Gasteiger partial charge on any atom is 0.196 e. The van der Waals surface area contributed by atoms with Gasteiger partial charge in [-0.1, -0.05) is 30.3 Å². The number of halogens is 1. The van der Waals surface area contributed by atoms with Crippen molar-refractivity contribution in [1.29, 1.82) is 0 Å². The van der Waals surface area contributed by atoms with Crippen molar-refractivity contribution in [2.75, 3.05) is 18.5 Å². The minimum absolute atomic E-state index is 0.267. The van der Waals surface area contributed by atoms with Crippen molar-refractivity contribution in [3.05, 3.63) is 59.9 Å². The first-order valence-electron chi connectivity index (χ1n) is 6.83. The molecule has 0 saturated heterocycles. The summed E-state index contributed by atoms with van der Waals surface area (Å²) in [6.45, 7) is 1.56. The minimum atomic E-state index is -0.348. The number of rotatable bonds is 4. The van der Waals surface area contributed by atoms with E-state index < -0.39 is 0 Å². The summed E-state index contributed by atoms with van der Waals surface area (Å²) in [6.07, 6.45) is 0. The topological polar surface area (TPSA) is 45.6 Å². The Labute approximate surface area is 122 Å². The molecule has 0 radical (unpaired) electrons. The first-order chi connectivity index (χ1) is 10.3. The highest BCUT2D eigenvalue weighted by Gasteiger charge is 2.10. The van der Waals surface area contributed by atoms with Crippen LogP contribution in [0.2, 0.25) is 0 Å². The van der Waals surface area contributed by atoms with Gasteiger partial charge in [-0.15, -0.1) is 0 Å². The third-order valence-corrected chi connectivity index (χ3v) is 3.17. The lowest BCUT2D eigenvalue weighted by molar-refractivity contribution is 0.306. The van der Waals surface area contributed by atoms with Crippen molar-refractivity contribution in [2.24, 2.45) is 4.99 Å². The number of guanidine groups is 1. The van der Waals surface area contributed by atoms with E-state index in [2.05, 4.69) is 15.6 Å². The molecule has 0 saturated carbocycles. The molecule has 5 heteroatoms. The lowest BCUT2D eigenvalue weighted by atomic mass is 10.1. The van der Waals surface area contributed by atoms with Crippen molar-refractivity contribution in [3.63, 3.8) is 0 Å². The summed E-state index contributed by atoms with van der Waals surface area (Å²) in [5.41, 5.74) is 2.23. The van der Waals surface area contributed by atoms with Gasteiger partial charge in [-0.25, -0.2) is 9.38 Å². The Hall–Kier alpha value is -2.56. The van der Waals surface area contributed by atoms with E-state index in [9.17, 15) is 4.39 Å². The van der Waals surface area contributed by atoms with Crippen LogP contribution in [0.15, 0.2) is 53.5 Å². The molecule has 4 nitrogen and oxygen atoms in total. The second-order valence-electron chi connectivity index (χ2n) is 4.65. The average molecular weight is 285 g/mol. The molecule has 0 unspecified atom stereocenters. The SMILES string of the molecule is Fc1ccccc1OCCNC1=NCc2ccccc2N1. The smallest absolute Gasteiger partial charge is 0.196 e. The number of nitrogens with zero attached hydrogens (tertiary/aromatic N) is 1. The van der Waals surface area contributed by atoms with Crippen molar-refractivity contribution in [3.8, 4) is 5.75 Å². The van der Waals surface area contributed by atoms with E-state index >= 15 is 0 Å². The molecule has 0 atom stereocenters. The van der Waals surface area contributed by atoms with Gasteiger partial charge >= 0.3 is 0 Å². The average Bonchev–Trinajstić information content (AvgIpc) is 2.53. The number of para-hydroxylation sites is 2. The molecule has 21 heavy (non-hydrogen) atoms. The highest BCUT2D eigenvalue weighted by molar-refractivity contribution is 5.95. The van der Waals surface area contributed by atoms with Gasteiger partial charge < -0.3 is 15.4 Å². The molecule has 0 fully saturated rings. The highest BCUT2D eigenvalue weighted by atomic mass is 19.1. The fourth-order valence-corrected chi connectivity index (χ4v) is 2.10. The van der Waals surface area contributed by atoms with E-state index in [0.717, 1.165) is 5.69 Å². The second kappa shape index (κ2) is 6.26. The maximum atomic E-state index is 13.4. The van der Waals surface area contributed by atoms with Crippen molar-refractivity contribution < 1.29 is 9.13 Å². The van der Waals surface area contributed by atoms with Crippen molar-refractivity contribution in [1.82, 2.24) is 5.32 Å². The van der Waals surface area contributed by atoms with Crippen LogP contribution in [-0.4, -0.2) is 19.1 Å². The van der Waals surface area contributed by atoms with E-state index in [1.54, 1.807) is 18.2 Å². The van der Waals surface area contributed by atoms with E-state index in [0.29, 0.717) is 25.7 Å². The molecule has 1 heterocycles. The number of anilines is 1. The van der Waals surface area contributed by atoms with E-state index in [1.165, 1.54) is 11.6 Å². The maximum absolute atomic E-state index is 13.4. The molecular formula is C16H16FN3O. The molecule has 2 aromatic rings. The summed E-state index contributed by atoms with van der Waals surface area (Å²) in [5, 5.41) is 6.36. The van der Waals surface area contributed by atoms with Gasteiger partial charge in [0.05, 0.1) is 13.1 Å². The zero-order chi connectivity index (χ0) is 14.5. The lowest BCUT2D eigenvalue weighted by Gasteiger charge is -2.19. The standard InChI is InChI=1S/C16H16FN3O/c17-13-6-2-4-8-15(13)21-10-9-18-16-19-11-12-5-1-3-7-14(12)20-16/h1-8H,9-11H2,(H2,18,19,20). The summed E-state index contributed by atoms with van der Waals surface area (Å²) in [5.74, 6) is 0.633. The van der Waals surface area contributed by atoms with E-state index in [-0.39, 0.29) is 11.6 Å². The molecule has 2 N–H and O–H groups in total. The molecule has 1 aliphatic heterocycles. The van der Waals surface area contributed by atoms with Crippen LogP contribution in [0.25, 0.3) is 0 Å². The first kappa shape index (κ1) is 13.4. The van der Waals surface area contributed by atoms with Crippen LogP contribution in [0.1, 0.15) is 5.56 Å². The molecule has 0 amide bonds. The normalized spacial score (nSPS) is 12.9. The monoisotopic (exact) mass is 285 g/mol. The Bertz CT molecular complexity index is 657. The number of hydrogen-bond acceptors (Lipinski definition) is 4. The van der Waals surface area contributed by atoms with Gasteiger partial charge in [-0.05, 0) is 23.8 Å². The summed E-state index contributed by atoms with van der Waals surface area (Å²) >= 11 is 0. The molecule has 3 rings (SSSR count). The van der Waals surface area contributed by atoms with Crippen molar-refractivity contribution in [2.45, 2.75) is 6.54 Å². The van der Waals surface area contributed by atoms with Crippen LogP contribution in [0.5, 0.6) is 5.75 Å². The molecule has 0 bridgehead atoms. The largest absolute Gasteiger partial charge is 0.489 e. The van der Waals surface area contributed by atoms with E-state index in [4.69, 9.17) is 4.74 Å². The number of ether oxygens (including phenoxy) is 1. The van der Waals surface area contributed by atoms with Crippen LogP contribution in [0.4, 0.5) is 10.1 Å². The van der Waals surface area contributed by atoms with Gasteiger partial charge in [-0.2, -0.15) is 0 Å². The minimum Gasteiger partial charge on any atom is -0.489 e. The zero-order valence-electron chi connectivity index (χ0n) is 11.5. The summed E-state index contributed by atoms with van der Waals surface area (Å²) in [4.78, 5) is 4.40. The Morgan fingerprint density at radius 1 is 1.14 bits per heavy atom. The van der Waals surface area contributed by atoms with Gasteiger partial charge in [0, 0.05) is 5.69 Å². The van der Waals surface area contributed by atoms with Gasteiger partial charge in [0.1, 0.15) is 6.61 Å². The van der Waals surface area contributed by atoms with Gasteiger partial charge in [0.2, 0.25) is 0 Å². The van der Waals surface area contributed by atoms with Crippen LogP contribution in [-0.2, 0) is 6.54 Å².